The Hall–Kier alpha value is -4.02. The van der Waals surface area contributed by atoms with Gasteiger partial charge < -0.3 is 14.8 Å². The number of nitrogens with zero attached hydrogens (tertiary/aromatic N) is 5. The molecule has 2 aromatic heterocycles. The maximum atomic E-state index is 13.2. The van der Waals surface area contributed by atoms with Crippen molar-refractivity contribution >= 4 is 16.7 Å². The van der Waals surface area contributed by atoms with E-state index in [2.05, 4.69) is 25.9 Å². The Bertz CT molecular complexity index is 1320. The number of rotatable bonds is 6. The number of fused-ring (bicyclic) bond motifs is 1. The lowest BCUT2D eigenvalue weighted by molar-refractivity contribution is 0.0791. The predicted octanol–water partition coefficient (Wildman–Crippen LogP) is 3.36. The van der Waals surface area contributed by atoms with E-state index in [1.807, 2.05) is 66.0 Å². The molecule has 1 N–H and O–H groups in total. The molecule has 7 heteroatoms. The maximum Gasteiger partial charge on any atom is 0.256 e. The van der Waals surface area contributed by atoms with Gasteiger partial charge in [0.15, 0.2) is 0 Å². The number of aromatic nitrogens is 3. The highest BCUT2D eigenvalue weighted by atomic mass is 16.2. The molecule has 33 heavy (non-hydrogen) atoms. The number of nitriles is 1. The van der Waals surface area contributed by atoms with E-state index in [9.17, 15) is 4.79 Å². The van der Waals surface area contributed by atoms with Gasteiger partial charge in [-0.25, -0.2) is 4.98 Å². The third-order valence-corrected chi connectivity index (χ3v) is 6.18. The first-order valence-electron chi connectivity index (χ1n) is 11.0. The number of amides is 1. The Labute approximate surface area is 192 Å². The molecule has 0 radical (unpaired) electrons. The van der Waals surface area contributed by atoms with Gasteiger partial charge in [-0.1, -0.05) is 36.4 Å². The van der Waals surface area contributed by atoms with Gasteiger partial charge in [0.1, 0.15) is 0 Å². The van der Waals surface area contributed by atoms with Crippen LogP contribution in [0, 0.1) is 11.3 Å². The second-order valence-electron chi connectivity index (χ2n) is 8.35. The van der Waals surface area contributed by atoms with Crippen LogP contribution in [0.3, 0.4) is 0 Å². The van der Waals surface area contributed by atoms with Gasteiger partial charge in [0.2, 0.25) is 0 Å². The van der Waals surface area contributed by atoms with Crippen LogP contribution < -0.4 is 5.32 Å². The second-order valence-corrected chi connectivity index (χ2v) is 8.35. The van der Waals surface area contributed by atoms with E-state index >= 15 is 0 Å². The zero-order valence-corrected chi connectivity index (χ0v) is 18.2. The molecule has 0 saturated carbocycles. The van der Waals surface area contributed by atoms with Crippen molar-refractivity contribution in [2.75, 3.05) is 13.1 Å². The first-order valence-corrected chi connectivity index (χ1v) is 11.0. The number of pyridine rings is 1. The lowest BCUT2D eigenvalue weighted by Crippen LogP contribution is -2.35. The van der Waals surface area contributed by atoms with E-state index in [1.54, 1.807) is 12.4 Å². The van der Waals surface area contributed by atoms with Gasteiger partial charge in [-0.3, -0.25) is 9.78 Å². The summed E-state index contributed by atoms with van der Waals surface area (Å²) in [4.78, 5) is 23.6. The number of imidazole rings is 1. The summed E-state index contributed by atoms with van der Waals surface area (Å²) in [5.41, 5.74) is 3.53. The van der Waals surface area contributed by atoms with E-state index in [4.69, 9.17) is 5.26 Å². The molecule has 164 valence electrons. The molecule has 0 bridgehead atoms. The van der Waals surface area contributed by atoms with E-state index in [1.165, 1.54) is 0 Å². The molecular weight excluding hydrogens is 412 g/mol. The molecule has 0 aliphatic carbocycles. The van der Waals surface area contributed by atoms with E-state index in [0.29, 0.717) is 30.8 Å². The molecule has 3 heterocycles. The summed E-state index contributed by atoms with van der Waals surface area (Å²) < 4.78 is 2.11. The Morgan fingerprint density at radius 3 is 2.79 bits per heavy atom. The quantitative estimate of drug-likeness (QED) is 0.501. The monoisotopic (exact) mass is 436 g/mol. The van der Waals surface area contributed by atoms with Crippen molar-refractivity contribution in [3.63, 3.8) is 0 Å². The zero-order chi connectivity index (χ0) is 22.6. The first-order chi connectivity index (χ1) is 16.2. The fourth-order valence-corrected chi connectivity index (χ4v) is 4.34. The predicted molar refractivity (Wildman–Crippen MR) is 125 cm³/mol. The smallest absolute Gasteiger partial charge is 0.256 e. The molecule has 1 aliphatic heterocycles. The Balaban J connectivity index is 1.20. The number of hydrogen-bond donors (Lipinski definition) is 1. The summed E-state index contributed by atoms with van der Waals surface area (Å²) in [6.07, 6.45) is 8.08. The highest BCUT2D eigenvalue weighted by molar-refractivity contribution is 6.06. The SMILES string of the molecule is N#Cc1ccc(Cn2cncc2CN[C@@H]2CCN(C(=O)c3cncc4ccccc34)C2)cc1. The molecule has 4 aromatic rings. The molecule has 5 rings (SSSR count). The number of carbonyl (C=O) groups is 1. The first kappa shape index (κ1) is 20.9. The van der Waals surface area contributed by atoms with Crippen LogP contribution in [0.4, 0.5) is 0 Å². The molecule has 2 aromatic carbocycles. The average molecular weight is 437 g/mol. The number of nitrogens with one attached hydrogen (secondary N) is 1. The Morgan fingerprint density at radius 1 is 1.09 bits per heavy atom. The van der Waals surface area contributed by atoms with Crippen LogP contribution in [0.5, 0.6) is 0 Å². The Kier molecular flexibility index (Phi) is 5.83. The van der Waals surface area contributed by atoms with Gasteiger partial charge in [0, 0.05) is 56.2 Å². The van der Waals surface area contributed by atoms with Crippen LogP contribution in [0.25, 0.3) is 10.8 Å². The van der Waals surface area contributed by atoms with Crippen LogP contribution >= 0.6 is 0 Å². The summed E-state index contributed by atoms with van der Waals surface area (Å²) in [5, 5.41) is 14.5. The molecule has 1 amide bonds. The summed E-state index contributed by atoms with van der Waals surface area (Å²) >= 11 is 0. The summed E-state index contributed by atoms with van der Waals surface area (Å²) in [6, 6.07) is 17.9. The van der Waals surface area contributed by atoms with Crippen LogP contribution in [0.15, 0.2) is 73.4 Å². The summed E-state index contributed by atoms with van der Waals surface area (Å²) in [6.45, 7) is 2.78. The normalized spacial score (nSPS) is 15.6. The zero-order valence-electron chi connectivity index (χ0n) is 18.2. The van der Waals surface area contributed by atoms with Crippen LogP contribution in [-0.4, -0.2) is 44.5 Å². The highest BCUT2D eigenvalue weighted by Gasteiger charge is 2.27. The minimum atomic E-state index is 0.0365. The Morgan fingerprint density at radius 2 is 1.94 bits per heavy atom. The topological polar surface area (TPSA) is 86.8 Å². The minimum absolute atomic E-state index is 0.0365. The third-order valence-electron chi connectivity index (χ3n) is 6.18. The summed E-state index contributed by atoms with van der Waals surface area (Å²) in [7, 11) is 0. The van der Waals surface area contributed by atoms with Gasteiger partial charge in [0.05, 0.1) is 29.2 Å². The molecule has 1 fully saturated rings. The van der Waals surface area contributed by atoms with Crippen molar-refractivity contribution < 1.29 is 4.79 Å². The van der Waals surface area contributed by atoms with Crippen LogP contribution in [0.1, 0.15) is 33.6 Å². The second kappa shape index (κ2) is 9.23. The lowest BCUT2D eigenvalue weighted by Gasteiger charge is -2.18. The van der Waals surface area contributed by atoms with E-state index in [-0.39, 0.29) is 11.9 Å². The summed E-state index contributed by atoms with van der Waals surface area (Å²) in [5.74, 6) is 0.0365. The molecular formula is C26H24N6O. The highest BCUT2D eigenvalue weighted by Crippen LogP contribution is 2.21. The molecule has 0 unspecified atom stereocenters. The molecule has 7 nitrogen and oxygen atoms in total. The molecule has 1 atom stereocenters. The van der Waals surface area contributed by atoms with Crippen molar-refractivity contribution in [1.29, 1.82) is 5.26 Å². The van der Waals surface area contributed by atoms with Gasteiger partial charge >= 0.3 is 0 Å². The maximum absolute atomic E-state index is 13.2. The third kappa shape index (κ3) is 4.47. The minimum Gasteiger partial charge on any atom is -0.337 e. The lowest BCUT2D eigenvalue weighted by atomic mass is 10.1. The average Bonchev–Trinajstić information content (AvgIpc) is 3.52. The number of likely N-dealkylation sites (tertiary alicyclic amines) is 1. The fraction of sp³-hybridized carbons (Fsp3) is 0.231. The number of carbonyl (C=O) groups excluding carboxylic acids is 1. The van der Waals surface area contributed by atoms with Gasteiger partial charge in [-0.2, -0.15) is 5.26 Å². The van der Waals surface area contributed by atoms with Crippen LogP contribution in [-0.2, 0) is 13.1 Å². The standard InChI is InChI=1S/C26H24N6O/c27-11-19-5-7-20(8-6-19)16-32-18-29-13-23(32)14-30-22-9-10-31(17-22)26(33)25-15-28-12-21-3-1-2-4-24(21)25/h1-8,12-13,15,18,22,30H,9-10,14,16-17H2/t22-/m1/s1. The number of hydrogen-bond acceptors (Lipinski definition) is 5. The van der Waals surface area contributed by atoms with Crippen molar-refractivity contribution in [1.82, 2.24) is 24.8 Å². The van der Waals surface area contributed by atoms with Crippen molar-refractivity contribution in [3.8, 4) is 6.07 Å². The van der Waals surface area contributed by atoms with Crippen molar-refractivity contribution in [2.45, 2.75) is 25.6 Å². The largest absolute Gasteiger partial charge is 0.337 e. The van der Waals surface area contributed by atoms with Crippen LogP contribution in [0.2, 0.25) is 0 Å². The van der Waals surface area contributed by atoms with Gasteiger partial charge in [-0.05, 0) is 29.5 Å². The molecule has 0 spiro atoms. The van der Waals surface area contributed by atoms with Gasteiger partial charge in [0.25, 0.3) is 5.91 Å². The van der Waals surface area contributed by atoms with Crippen molar-refractivity contribution in [2.24, 2.45) is 0 Å². The van der Waals surface area contributed by atoms with Gasteiger partial charge in [-0.15, -0.1) is 0 Å². The molecule has 1 saturated heterocycles. The van der Waals surface area contributed by atoms with E-state index in [0.717, 1.165) is 35.0 Å². The fourth-order valence-electron chi connectivity index (χ4n) is 4.34. The van der Waals surface area contributed by atoms with Crippen molar-refractivity contribution in [3.05, 3.63) is 95.8 Å². The van der Waals surface area contributed by atoms with E-state index < -0.39 is 0 Å². The number of benzene rings is 2. The molecule has 1 aliphatic rings.